The first-order chi connectivity index (χ1) is 10.2. The number of anilines is 1. The Hall–Kier alpha value is -1.20. The van der Waals surface area contributed by atoms with Crippen LogP contribution in [0.3, 0.4) is 0 Å². The molecular formula is C16H20N2OS2. The largest absolute Gasteiger partial charge is 0.397 e. The molecule has 0 bridgehead atoms. The van der Waals surface area contributed by atoms with E-state index >= 15 is 0 Å². The zero-order valence-electron chi connectivity index (χ0n) is 12.1. The van der Waals surface area contributed by atoms with E-state index in [1.165, 1.54) is 30.6 Å². The van der Waals surface area contributed by atoms with Gasteiger partial charge in [-0.1, -0.05) is 31.0 Å². The molecule has 2 atom stereocenters. The van der Waals surface area contributed by atoms with E-state index in [1.807, 2.05) is 36.0 Å². The fourth-order valence-corrected chi connectivity index (χ4v) is 4.97. The molecule has 3 nitrogen and oxygen atoms in total. The zero-order chi connectivity index (χ0) is 14.8. The minimum Gasteiger partial charge on any atom is -0.397 e. The molecule has 1 fully saturated rings. The number of nitrogen functional groups attached to an aromatic ring is 1. The smallest absolute Gasteiger partial charge is 0.263 e. The normalized spacial score (nSPS) is 22.3. The standard InChI is InChI=1S/C16H20N2OS2/c1-20-13-9-5-3-7-11(13)18-16(19)15-14(17)10-6-2-4-8-12(10)21-15/h2,4,6,8,11,13H,3,5,7,9,17H2,1H3,(H,18,19). The Labute approximate surface area is 133 Å². The second kappa shape index (κ2) is 6.28. The molecule has 2 aromatic rings. The molecule has 3 N–H and O–H groups in total. The topological polar surface area (TPSA) is 55.1 Å². The summed E-state index contributed by atoms with van der Waals surface area (Å²) < 4.78 is 1.07. The lowest BCUT2D eigenvalue weighted by Crippen LogP contribution is -2.43. The number of benzene rings is 1. The highest BCUT2D eigenvalue weighted by atomic mass is 32.2. The van der Waals surface area contributed by atoms with Gasteiger partial charge in [0.05, 0.1) is 5.69 Å². The summed E-state index contributed by atoms with van der Waals surface area (Å²) in [5.74, 6) is -0.0142. The van der Waals surface area contributed by atoms with Gasteiger partial charge < -0.3 is 11.1 Å². The molecule has 0 saturated heterocycles. The van der Waals surface area contributed by atoms with Crippen LogP contribution in [0.25, 0.3) is 10.1 Å². The third-order valence-electron chi connectivity index (χ3n) is 4.16. The molecule has 3 rings (SSSR count). The van der Waals surface area contributed by atoms with E-state index in [0.717, 1.165) is 16.5 Å². The molecule has 1 heterocycles. The van der Waals surface area contributed by atoms with Gasteiger partial charge in [0, 0.05) is 21.4 Å². The molecule has 0 radical (unpaired) electrons. The summed E-state index contributed by atoms with van der Waals surface area (Å²) in [6.45, 7) is 0. The Balaban J connectivity index is 1.82. The third-order valence-corrected chi connectivity index (χ3v) is 6.52. The molecule has 112 valence electrons. The molecular weight excluding hydrogens is 300 g/mol. The average molecular weight is 320 g/mol. The van der Waals surface area contributed by atoms with Crippen molar-refractivity contribution in [2.75, 3.05) is 12.0 Å². The molecule has 1 aliphatic carbocycles. The van der Waals surface area contributed by atoms with Crippen LogP contribution in [0.15, 0.2) is 24.3 Å². The van der Waals surface area contributed by atoms with E-state index < -0.39 is 0 Å². The van der Waals surface area contributed by atoms with E-state index in [4.69, 9.17) is 5.73 Å². The first kappa shape index (κ1) is 14.7. The lowest BCUT2D eigenvalue weighted by molar-refractivity contribution is 0.0934. The summed E-state index contributed by atoms with van der Waals surface area (Å²) in [5, 5.41) is 4.72. The minimum absolute atomic E-state index is 0.0142. The summed E-state index contributed by atoms with van der Waals surface area (Å²) in [6, 6.07) is 8.19. The highest BCUT2D eigenvalue weighted by Crippen LogP contribution is 2.34. The van der Waals surface area contributed by atoms with Gasteiger partial charge in [-0.25, -0.2) is 0 Å². The van der Waals surface area contributed by atoms with Gasteiger partial charge in [-0.05, 0) is 25.2 Å². The molecule has 1 aromatic heterocycles. The van der Waals surface area contributed by atoms with Crippen molar-refractivity contribution >= 4 is 44.8 Å². The van der Waals surface area contributed by atoms with Gasteiger partial charge in [0.25, 0.3) is 5.91 Å². The van der Waals surface area contributed by atoms with Crippen LogP contribution in [-0.2, 0) is 0 Å². The minimum atomic E-state index is -0.0142. The van der Waals surface area contributed by atoms with Crippen LogP contribution in [0.1, 0.15) is 35.4 Å². The maximum atomic E-state index is 12.6. The molecule has 1 saturated carbocycles. The number of nitrogens with two attached hydrogens (primary N) is 1. The van der Waals surface area contributed by atoms with Gasteiger partial charge in [-0.3, -0.25) is 4.79 Å². The number of hydrogen-bond donors (Lipinski definition) is 2. The molecule has 2 unspecified atom stereocenters. The monoisotopic (exact) mass is 320 g/mol. The fourth-order valence-electron chi connectivity index (χ4n) is 3.01. The molecule has 1 amide bonds. The summed E-state index contributed by atoms with van der Waals surface area (Å²) in [7, 11) is 0. The lowest BCUT2D eigenvalue weighted by Gasteiger charge is -2.30. The summed E-state index contributed by atoms with van der Waals surface area (Å²) in [5.41, 5.74) is 6.77. The number of rotatable bonds is 3. The van der Waals surface area contributed by atoms with Crippen molar-refractivity contribution in [2.24, 2.45) is 0 Å². The number of thioether (sulfide) groups is 1. The SMILES string of the molecule is CSC1CCCCC1NC(=O)c1sc2ccccc2c1N. The Kier molecular flexibility index (Phi) is 4.40. The Morgan fingerprint density at radius 3 is 2.86 bits per heavy atom. The van der Waals surface area contributed by atoms with Gasteiger partial charge in [-0.2, -0.15) is 11.8 Å². The Morgan fingerprint density at radius 2 is 2.10 bits per heavy atom. The molecule has 0 spiro atoms. The van der Waals surface area contributed by atoms with E-state index in [0.29, 0.717) is 15.8 Å². The predicted octanol–water partition coefficient (Wildman–Crippen LogP) is 3.89. The van der Waals surface area contributed by atoms with Crippen molar-refractivity contribution in [2.45, 2.75) is 37.0 Å². The van der Waals surface area contributed by atoms with E-state index in [9.17, 15) is 4.79 Å². The lowest BCUT2D eigenvalue weighted by atomic mass is 9.95. The second-order valence-electron chi connectivity index (χ2n) is 5.48. The number of carbonyl (C=O) groups is 1. The zero-order valence-corrected chi connectivity index (χ0v) is 13.7. The van der Waals surface area contributed by atoms with E-state index in [-0.39, 0.29) is 11.9 Å². The van der Waals surface area contributed by atoms with Crippen molar-refractivity contribution in [3.05, 3.63) is 29.1 Å². The number of nitrogens with one attached hydrogen (secondary N) is 1. The van der Waals surface area contributed by atoms with Crippen LogP contribution in [0.4, 0.5) is 5.69 Å². The average Bonchev–Trinajstić information content (AvgIpc) is 2.85. The van der Waals surface area contributed by atoms with Crippen LogP contribution in [0.5, 0.6) is 0 Å². The van der Waals surface area contributed by atoms with Crippen molar-refractivity contribution in [3.63, 3.8) is 0 Å². The first-order valence-electron chi connectivity index (χ1n) is 7.31. The fraction of sp³-hybridized carbons (Fsp3) is 0.438. The molecule has 0 aliphatic heterocycles. The number of thiophene rings is 1. The number of hydrogen-bond acceptors (Lipinski definition) is 4. The van der Waals surface area contributed by atoms with E-state index in [1.54, 1.807) is 0 Å². The van der Waals surface area contributed by atoms with Gasteiger partial charge in [-0.15, -0.1) is 11.3 Å². The maximum absolute atomic E-state index is 12.6. The Bertz CT molecular complexity index is 653. The number of fused-ring (bicyclic) bond motifs is 1. The summed E-state index contributed by atoms with van der Waals surface area (Å²) in [4.78, 5) is 13.2. The van der Waals surface area contributed by atoms with Crippen LogP contribution in [0.2, 0.25) is 0 Å². The van der Waals surface area contributed by atoms with E-state index in [2.05, 4.69) is 11.6 Å². The van der Waals surface area contributed by atoms with Crippen LogP contribution in [-0.4, -0.2) is 23.5 Å². The Morgan fingerprint density at radius 1 is 1.33 bits per heavy atom. The predicted molar refractivity (Wildman–Crippen MR) is 93.3 cm³/mol. The molecule has 1 aromatic carbocycles. The second-order valence-corrected chi connectivity index (χ2v) is 7.61. The van der Waals surface area contributed by atoms with Gasteiger partial charge >= 0.3 is 0 Å². The molecule has 1 aliphatic rings. The highest BCUT2D eigenvalue weighted by molar-refractivity contribution is 7.99. The van der Waals surface area contributed by atoms with Gasteiger partial charge in [0.1, 0.15) is 4.88 Å². The van der Waals surface area contributed by atoms with Crippen LogP contribution < -0.4 is 11.1 Å². The van der Waals surface area contributed by atoms with Crippen molar-refractivity contribution in [1.82, 2.24) is 5.32 Å². The quantitative estimate of drug-likeness (QED) is 0.902. The van der Waals surface area contributed by atoms with Crippen molar-refractivity contribution in [1.29, 1.82) is 0 Å². The van der Waals surface area contributed by atoms with Crippen molar-refractivity contribution < 1.29 is 4.79 Å². The highest BCUT2D eigenvalue weighted by Gasteiger charge is 2.27. The maximum Gasteiger partial charge on any atom is 0.263 e. The summed E-state index contributed by atoms with van der Waals surface area (Å²) in [6.07, 6.45) is 6.85. The van der Waals surface area contributed by atoms with Crippen LogP contribution >= 0.6 is 23.1 Å². The van der Waals surface area contributed by atoms with Gasteiger partial charge in [0.15, 0.2) is 0 Å². The number of carbonyl (C=O) groups excluding carboxylic acids is 1. The first-order valence-corrected chi connectivity index (χ1v) is 9.42. The molecule has 5 heteroatoms. The van der Waals surface area contributed by atoms with Gasteiger partial charge in [0.2, 0.25) is 0 Å². The molecule has 21 heavy (non-hydrogen) atoms. The van der Waals surface area contributed by atoms with Crippen LogP contribution in [0, 0.1) is 0 Å². The third kappa shape index (κ3) is 2.90. The number of amides is 1. The van der Waals surface area contributed by atoms with Crippen molar-refractivity contribution in [3.8, 4) is 0 Å². The summed E-state index contributed by atoms with van der Waals surface area (Å²) >= 11 is 3.34.